The zero-order chi connectivity index (χ0) is 11.3. The van der Waals surface area contributed by atoms with Gasteiger partial charge in [-0.05, 0) is 0 Å². The Kier molecular flexibility index (Phi) is 4.34. The lowest BCUT2D eigenvalue weighted by molar-refractivity contribution is 0.603. The second kappa shape index (κ2) is 5.32. The summed E-state index contributed by atoms with van der Waals surface area (Å²) >= 11 is 1.38. The Bertz CT molecular complexity index is 420. The summed E-state index contributed by atoms with van der Waals surface area (Å²) in [5.74, 6) is 1.34. The number of nitrogens with zero attached hydrogens (tertiary/aromatic N) is 2. The van der Waals surface area contributed by atoms with Crippen molar-refractivity contribution in [3.05, 3.63) is 12.4 Å². The molecule has 7 heteroatoms. The Morgan fingerprint density at radius 3 is 2.80 bits per heavy atom. The fourth-order valence-electron chi connectivity index (χ4n) is 0.836. The first-order valence-corrected chi connectivity index (χ1v) is 7.36. The van der Waals surface area contributed by atoms with Gasteiger partial charge in [-0.25, -0.2) is 13.4 Å². The van der Waals surface area contributed by atoms with E-state index in [2.05, 4.69) is 15.3 Å². The molecular weight excluding hydrogens is 234 g/mol. The lowest BCUT2D eigenvalue weighted by Gasteiger charge is -2.02. The Morgan fingerprint density at radius 1 is 1.47 bits per heavy atom. The van der Waals surface area contributed by atoms with E-state index in [0.29, 0.717) is 11.6 Å². The van der Waals surface area contributed by atoms with E-state index < -0.39 is 9.84 Å². The van der Waals surface area contributed by atoms with Crippen molar-refractivity contribution in [3.63, 3.8) is 0 Å². The number of nitrogens with one attached hydrogen (secondary N) is 1. The van der Waals surface area contributed by atoms with Crippen molar-refractivity contribution < 1.29 is 8.42 Å². The van der Waals surface area contributed by atoms with E-state index >= 15 is 0 Å². The number of hydrogen-bond acceptors (Lipinski definition) is 6. The zero-order valence-electron chi connectivity index (χ0n) is 8.60. The number of anilines is 1. The largest absolute Gasteiger partial charge is 0.372 e. The molecule has 1 rings (SSSR count). The molecule has 5 nitrogen and oxygen atoms in total. The van der Waals surface area contributed by atoms with Gasteiger partial charge in [-0.3, -0.25) is 4.98 Å². The first-order valence-electron chi connectivity index (χ1n) is 4.31. The number of sulfone groups is 1. The van der Waals surface area contributed by atoms with E-state index in [0.717, 1.165) is 5.03 Å². The molecule has 0 aliphatic carbocycles. The zero-order valence-corrected chi connectivity index (χ0v) is 10.2. The maximum Gasteiger partial charge on any atom is 0.148 e. The minimum atomic E-state index is -2.89. The van der Waals surface area contributed by atoms with E-state index in [-0.39, 0.29) is 5.75 Å². The van der Waals surface area contributed by atoms with Crippen LogP contribution in [0.25, 0.3) is 0 Å². The van der Waals surface area contributed by atoms with Gasteiger partial charge < -0.3 is 5.32 Å². The molecule has 0 saturated carbocycles. The second-order valence-corrected chi connectivity index (χ2v) is 6.35. The smallest absolute Gasteiger partial charge is 0.148 e. The second-order valence-electron chi connectivity index (χ2n) is 2.97. The Hall–Kier alpha value is -0.820. The monoisotopic (exact) mass is 247 g/mol. The van der Waals surface area contributed by atoms with Crippen LogP contribution in [0.4, 0.5) is 5.82 Å². The molecule has 0 aliphatic rings. The molecule has 1 aromatic rings. The average Bonchev–Trinajstić information content (AvgIpc) is 2.16. The van der Waals surface area contributed by atoms with Crippen LogP contribution in [0.5, 0.6) is 0 Å². The van der Waals surface area contributed by atoms with Crippen molar-refractivity contribution in [2.24, 2.45) is 0 Å². The third-order valence-corrected chi connectivity index (χ3v) is 3.68. The molecule has 0 bridgehead atoms. The normalized spacial score (nSPS) is 11.3. The number of aromatic nitrogens is 2. The van der Waals surface area contributed by atoms with Crippen LogP contribution < -0.4 is 5.32 Å². The molecule has 15 heavy (non-hydrogen) atoms. The maximum absolute atomic E-state index is 10.9. The molecule has 0 saturated heterocycles. The van der Waals surface area contributed by atoms with Crippen LogP contribution in [-0.2, 0) is 9.84 Å². The van der Waals surface area contributed by atoms with Gasteiger partial charge in [0.2, 0.25) is 0 Å². The summed E-state index contributed by atoms with van der Waals surface area (Å²) in [6.45, 7) is 0. The van der Waals surface area contributed by atoms with Crippen LogP contribution in [0.2, 0.25) is 0 Å². The highest BCUT2D eigenvalue weighted by atomic mass is 32.2. The van der Waals surface area contributed by atoms with Crippen molar-refractivity contribution in [1.29, 1.82) is 0 Å². The van der Waals surface area contributed by atoms with Crippen LogP contribution in [0.3, 0.4) is 0 Å². The Morgan fingerprint density at radius 2 is 2.20 bits per heavy atom. The van der Waals surface area contributed by atoms with Gasteiger partial charge in [0.05, 0.1) is 18.1 Å². The maximum atomic E-state index is 10.9. The molecule has 0 aliphatic heterocycles. The van der Waals surface area contributed by atoms with Gasteiger partial charge in [0.1, 0.15) is 20.7 Å². The van der Waals surface area contributed by atoms with Gasteiger partial charge in [0.25, 0.3) is 0 Å². The molecular formula is C8H13N3O2S2. The van der Waals surface area contributed by atoms with Gasteiger partial charge in [-0.1, -0.05) is 0 Å². The number of thioether (sulfide) groups is 1. The molecule has 84 valence electrons. The molecule has 0 atom stereocenters. The molecule has 0 unspecified atom stereocenters. The fraction of sp³-hybridized carbons (Fsp3) is 0.500. The summed E-state index contributed by atoms with van der Waals surface area (Å²) in [6, 6.07) is 0. The molecule has 0 amide bonds. The summed E-state index contributed by atoms with van der Waals surface area (Å²) in [7, 11) is -1.14. The van der Waals surface area contributed by atoms with Gasteiger partial charge in [0, 0.05) is 19.1 Å². The molecule has 0 spiro atoms. The molecule has 0 fully saturated rings. The highest BCUT2D eigenvalue weighted by molar-refractivity contribution is 8.00. The summed E-state index contributed by atoms with van der Waals surface area (Å²) in [5, 5.41) is 3.60. The summed E-state index contributed by atoms with van der Waals surface area (Å²) in [5.41, 5.74) is 0. The molecule has 0 aromatic carbocycles. The molecule has 1 aromatic heterocycles. The van der Waals surface area contributed by atoms with E-state index in [4.69, 9.17) is 0 Å². The summed E-state index contributed by atoms with van der Waals surface area (Å²) in [6.07, 6.45) is 4.46. The molecule has 0 radical (unpaired) electrons. The lowest BCUT2D eigenvalue weighted by Crippen LogP contribution is -2.05. The van der Waals surface area contributed by atoms with Crippen molar-refractivity contribution in [2.75, 3.05) is 30.1 Å². The summed E-state index contributed by atoms with van der Waals surface area (Å²) in [4.78, 5) is 8.18. The average molecular weight is 247 g/mol. The van der Waals surface area contributed by atoms with Crippen molar-refractivity contribution in [1.82, 2.24) is 9.97 Å². The van der Waals surface area contributed by atoms with Crippen molar-refractivity contribution in [2.45, 2.75) is 5.03 Å². The topological polar surface area (TPSA) is 72.0 Å². The quantitative estimate of drug-likeness (QED) is 0.770. The van der Waals surface area contributed by atoms with E-state index in [1.54, 1.807) is 19.4 Å². The van der Waals surface area contributed by atoms with E-state index in [1.165, 1.54) is 18.0 Å². The van der Waals surface area contributed by atoms with Crippen LogP contribution in [0, 0.1) is 0 Å². The van der Waals surface area contributed by atoms with Gasteiger partial charge in [-0.2, -0.15) is 0 Å². The Balaban J connectivity index is 2.51. The SMILES string of the molecule is CNc1cncc(SCCS(C)(=O)=O)n1. The van der Waals surface area contributed by atoms with Crippen LogP contribution in [0.15, 0.2) is 17.4 Å². The van der Waals surface area contributed by atoms with Crippen molar-refractivity contribution in [3.8, 4) is 0 Å². The Labute approximate surface area is 93.6 Å². The highest BCUT2D eigenvalue weighted by Crippen LogP contribution is 2.15. The predicted molar refractivity (Wildman–Crippen MR) is 62.0 cm³/mol. The first kappa shape index (κ1) is 12.3. The van der Waals surface area contributed by atoms with Crippen LogP contribution in [0.1, 0.15) is 0 Å². The number of rotatable bonds is 5. The van der Waals surface area contributed by atoms with Crippen LogP contribution >= 0.6 is 11.8 Å². The van der Waals surface area contributed by atoms with Gasteiger partial charge in [0.15, 0.2) is 0 Å². The minimum Gasteiger partial charge on any atom is -0.372 e. The lowest BCUT2D eigenvalue weighted by atomic mass is 10.7. The standard InChI is InChI=1S/C8H13N3O2S2/c1-9-7-5-10-6-8(11-7)14-3-4-15(2,12)13/h5-6H,3-4H2,1-2H3,(H,9,11). The van der Waals surface area contributed by atoms with Crippen LogP contribution in [-0.4, -0.2) is 43.2 Å². The molecule has 1 heterocycles. The third kappa shape index (κ3) is 4.98. The first-order chi connectivity index (χ1) is 7.01. The third-order valence-electron chi connectivity index (χ3n) is 1.57. The highest BCUT2D eigenvalue weighted by Gasteiger charge is 2.03. The van der Waals surface area contributed by atoms with E-state index in [1.807, 2.05) is 0 Å². The fourth-order valence-corrected chi connectivity index (χ4v) is 2.89. The molecule has 1 N–H and O–H groups in total. The van der Waals surface area contributed by atoms with Crippen molar-refractivity contribution >= 4 is 27.4 Å². The minimum absolute atomic E-state index is 0.156. The number of hydrogen-bond donors (Lipinski definition) is 1. The van der Waals surface area contributed by atoms with E-state index in [9.17, 15) is 8.42 Å². The summed E-state index contributed by atoms with van der Waals surface area (Å²) < 4.78 is 21.8. The van der Waals surface area contributed by atoms with Gasteiger partial charge in [-0.15, -0.1) is 11.8 Å². The van der Waals surface area contributed by atoms with Gasteiger partial charge >= 0.3 is 0 Å². The predicted octanol–water partition coefficient (Wildman–Crippen LogP) is 0.655.